The summed E-state index contributed by atoms with van der Waals surface area (Å²) in [6.45, 7) is 2.06. The maximum Gasteiger partial charge on any atom is 0.131 e. The molecule has 98 valence electrons. The molecule has 3 rings (SSSR count). The van der Waals surface area contributed by atoms with E-state index in [1.807, 2.05) is 60.7 Å². The van der Waals surface area contributed by atoms with Gasteiger partial charge in [0.1, 0.15) is 5.75 Å². The Morgan fingerprint density at radius 2 is 1.15 bits per heavy atom. The summed E-state index contributed by atoms with van der Waals surface area (Å²) in [5, 5.41) is 10.6. The second-order valence-corrected chi connectivity index (χ2v) is 4.93. The van der Waals surface area contributed by atoms with Crippen LogP contribution in [0.4, 0.5) is 0 Å². The number of aryl methyl sites for hydroxylation is 1. The van der Waals surface area contributed by atoms with Crippen LogP contribution in [0.15, 0.2) is 72.8 Å². The van der Waals surface area contributed by atoms with Crippen LogP contribution in [0.1, 0.15) is 5.56 Å². The van der Waals surface area contributed by atoms with E-state index >= 15 is 0 Å². The van der Waals surface area contributed by atoms with Crippen LogP contribution in [0.2, 0.25) is 0 Å². The molecule has 3 aromatic rings. The third-order valence-electron chi connectivity index (χ3n) is 3.48. The first kappa shape index (κ1) is 12.5. The Labute approximate surface area is 119 Å². The number of rotatable bonds is 2. The molecule has 0 aliphatic rings. The number of phenolic OH excluding ortho intramolecular Hbond substituents is 1. The third kappa shape index (κ3) is 2.30. The number of benzene rings is 3. The van der Waals surface area contributed by atoms with Crippen molar-refractivity contribution in [1.29, 1.82) is 0 Å². The summed E-state index contributed by atoms with van der Waals surface area (Å²) in [4.78, 5) is 0. The van der Waals surface area contributed by atoms with Crippen LogP contribution in [0.5, 0.6) is 5.75 Å². The summed E-state index contributed by atoms with van der Waals surface area (Å²) >= 11 is 0. The standard InChI is InChI=1S/C19H16O/c1-14-10-12-16(13-11-14)18-9-5-8-17(19(18)20)15-6-3-2-4-7-15/h2-13,20H,1H3. The molecule has 0 aliphatic carbocycles. The van der Waals surface area contributed by atoms with Gasteiger partial charge < -0.3 is 5.11 Å². The maximum absolute atomic E-state index is 10.6. The summed E-state index contributed by atoms with van der Waals surface area (Å²) in [6.07, 6.45) is 0. The van der Waals surface area contributed by atoms with Crippen LogP contribution in [0.25, 0.3) is 22.3 Å². The van der Waals surface area contributed by atoms with Gasteiger partial charge in [-0.1, -0.05) is 78.4 Å². The normalized spacial score (nSPS) is 10.4. The van der Waals surface area contributed by atoms with Gasteiger partial charge in [0.05, 0.1) is 0 Å². The minimum Gasteiger partial charge on any atom is -0.507 e. The lowest BCUT2D eigenvalue weighted by Gasteiger charge is -2.10. The highest BCUT2D eigenvalue weighted by Crippen LogP contribution is 2.37. The molecule has 0 saturated heterocycles. The van der Waals surface area contributed by atoms with E-state index in [-0.39, 0.29) is 0 Å². The highest BCUT2D eigenvalue weighted by molar-refractivity contribution is 5.81. The summed E-state index contributed by atoms with van der Waals surface area (Å²) in [5.74, 6) is 0.336. The van der Waals surface area contributed by atoms with Gasteiger partial charge in [0.15, 0.2) is 0 Å². The second-order valence-electron chi connectivity index (χ2n) is 4.93. The fourth-order valence-corrected chi connectivity index (χ4v) is 2.36. The van der Waals surface area contributed by atoms with E-state index in [0.29, 0.717) is 5.75 Å². The topological polar surface area (TPSA) is 20.2 Å². The molecular formula is C19H16O. The molecule has 3 aromatic carbocycles. The summed E-state index contributed by atoms with van der Waals surface area (Å²) in [5.41, 5.74) is 5.01. The Morgan fingerprint density at radius 1 is 0.600 bits per heavy atom. The highest BCUT2D eigenvalue weighted by Gasteiger charge is 2.10. The maximum atomic E-state index is 10.6. The molecule has 0 atom stereocenters. The summed E-state index contributed by atoms with van der Waals surface area (Å²) < 4.78 is 0. The SMILES string of the molecule is Cc1ccc(-c2cccc(-c3ccccc3)c2O)cc1. The van der Waals surface area contributed by atoms with Crippen molar-refractivity contribution in [3.63, 3.8) is 0 Å². The zero-order valence-electron chi connectivity index (χ0n) is 11.4. The Bertz CT molecular complexity index is 713. The lowest BCUT2D eigenvalue weighted by atomic mass is 9.97. The fourth-order valence-electron chi connectivity index (χ4n) is 2.36. The van der Waals surface area contributed by atoms with Crippen molar-refractivity contribution in [2.24, 2.45) is 0 Å². The van der Waals surface area contributed by atoms with Crippen molar-refractivity contribution < 1.29 is 5.11 Å². The van der Waals surface area contributed by atoms with Crippen molar-refractivity contribution in [2.45, 2.75) is 6.92 Å². The van der Waals surface area contributed by atoms with Crippen LogP contribution >= 0.6 is 0 Å². The van der Waals surface area contributed by atoms with Gasteiger partial charge in [0.25, 0.3) is 0 Å². The van der Waals surface area contributed by atoms with Crippen LogP contribution in [0, 0.1) is 6.92 Å². The molecule has 20 heavy (non-hydrogen) atoms. The molecule has 0 bridgehead atoms. The van der Waals surface area contributed by atoms with E-state index in [2.05, 4.69) is 19.1 Å². The molecule has 0 heterocycles. The average molecular weight is 260 g/mol. The molecule has 0 aromatic heterocycles. The summed E-state index contributed by atoms with van der Waals surface area (Å²) in [6, 6.07) is 24.0. The van der Waals surface area contributed by atoms with Gasteiger partial charge in [-0.3, -0.25) is 0 Å². The molecule has 0 fully saturated rings. The van der Waals surface area contributed by atoms with Crippen LogP contribution in [-0.2, 0) is 0 Å². The van der Waals surface area contributed by atoms with Crippen molar-refractivity contribution in [3.8, 4) is 28.0 Å². The van der Waals surface area contributed by atoms with E-state index in [4.69, 9.17) is 0 Å². The summed E-state index contributed by atoms with van der Waals surface area (Å²) in [7, 11) is 0. The van der Waals surface area contributed by atoms with Crippen LogP contribution < -0.4 is 0 Å². The molecule has 0 unspecified atom stereocenters. The van der Waals surface area contributed by atoms with Gasteiger partial charge in [0, 0.05) is 11.1 Å². The number of hydrogen-bond donors (Lipinski definition) is 1. The van der Waals surface area contributed by atoms with Crippen LogP contribution in [-0.4, -0.2) is 5.11 Å². The molecule has 1 N–H and O–H groups in total. The molecule has 0 saturated carbocycles. The second kappa shape index (κ2) is 5.22. The first-order chi connectivity index (χ1) is 9.75. The molecule has 0 aliphatic heterocycles. The molecular weight excluding hydrogens is 244 g/mol. The van der Waals surface area contributed by atoms with Gasteiger partial charge >= 0.3 is 0 Å². The van der Waals surface area contributed by atoms with Gasteiger partial charge in [0.2, 0.25) is 0 Å². The molecule has 1 nitrogen and oxygen atoms in total. The van der Waals surface area contributed by atoms with Gasteiger partial charge in [-0.25, -0.2) is 0 Å². The quantitative estimate of drug-likeness (QED) is 0.684. The van der Waals surface area contributed by atoms with Crippen LogP contribution in [0.3, 0.4) is 0 Å². The number of hydrogen-bond acceptors (Lipinski definition) is 1. The molecule has 1 heteroatoms. The van der Waals surface area contributed by atoms with Gasteiger partial charge in [-0.15, -0.1) is 0 Å². The van der Waals surface area contributed by atoms with E-state index in [9.17, 15) is 5.11 Å². The minimum absolute atomic E-state index is 0.336. The van der Waals surface area contributed by atoms with Crippen molar-refractivity contribution in [1.82, 2.24) is 0 Å². The third-order valence-corrected chi connectivity index (χ3v) is 3.48. The number of phenols is 1. The number of para-hydroxylation sites is 1. The zero-order valence-corrected chi connectivity index (χ0v) is 11.4. The largest absolute Gasteiger partial charge is 0.507 e. The fraction of sp³-hybridized carbons (Fsp3) is 0.0526. The number of aromatic hydroxyl groups is 1. The van der Waals surface area contributed by atoms with Crippen molar-refractivity contribution in [3.05, 3.63) is 78.4 Å². The minimum atomic E-state index is 0.336. The molecule has 0 spiro atoms. The van der Waals surface area contributed by atoms with Crippen molar-refractivity contribution in [2.75, 3.05) is 0 Å². The predicted octanol–water partition coefficient (Wildman–Crippen LogP) is 5.03. The Balaban J connectivity index is 2.13. The van der Waals surface area contributed by atoms with E-state index in [0.717, 1.165) is 22.3 Å². The lowest BCUT2D eigenvalue weighted by Crippen LogP contribution is -1.84. The van der Waals surface area contributed by atoms with E-state index in [1.165, 1.54) is 5.56 Å². The highest BCUT2D eigenvalue weighted by atomic mass is 16.3. The molecule has 0 radical (unpaired) electrons. The van der Waals surface area contributed by atoms with Gasteiger partial charge in [-0.2, -0.15) is 0 Å². The average Bonchev–Trinajstić information content (AvgIpc) is 2.49. The Morgan fingerprint density at radius 3 is 1.75 bits per heavy atom. The molecule has 0 amide bonds. The zero-order chi connectivity index (χ0) is 13.9. The van der Waals surface area contributed by atoms with Crippen molar-refractivity contribution >= 4 is 0 Å². The smallest absolute Gasteiger partial charge is 0.131 e. The van der Waals surface area contributed by atoms with E-state index in [1.54, 1.807) is 0 Å². The van der Waals surface area contributed by atoms with E-state index < -0.39 is 0 Å². The lowest BCUT2D eigenvalue weighted by molar-refractivity contribution is 0.479. The Hall–Kier alpha value is -2.54. The van der Waals surface area contributed by atoms with Gasteiger partial charge in [-0.05, 0) is 18.1 Å². The first-order valence-corrected chi connectivity index (χ1v) is 6.70. The predicted molar refractivity (Wildman–Crippen MR) is 83.7 cm³/mol. The Kier molecular flexibility index (Phi) is 3.26. The monoisotopic (exact) mass is 260 g/mol. The first-order valence-electron chi connectivity index (χ1n) is 6.70.